The highest BCUT2D eigenvalue weighted by Gasteiger charge is 2.23. The Balaban J connectivity index is 1.32. The lowest BCUT2D eigenvalue weighted by Gasteiger charge is -2.22. The van der Waals surface area contributed by atoms with E-state index in [2.05, 4.69) is 45.4 Å². The van der Waals surface area contributed by atoms with Crippen molar-refractivity contribution < 1.29 is 4.79 Å². The minimum Gasteiger partial charge on any atom is -0.353 e. The standard InChI is InChI=1S/C19H24N6O/c1-12(2)25-11-13-5-6-14(10-16(13)24-25)21-18(26)8-7-17-22-15-4-3-9-20-19(15)23-17/h3-4,9,11-12,14H,5-8,10H2,1-2H3,(H,21,26)(H,20,22,23). The first-order valence-electron chi connectivity index (χ1n) is 9.24. The van der Waals surface area contributed by atoms with E-state index in [1.165, 1.54) is 5.56 Å². The highest BCUT2D eigenvalue weighted by molar-refractivity contribution is 5.76. The molecule has 2 N–H and O–H groups in total. The molecule has 0 aromatic carbocycles. The average molecular weight is 352 g/mol. The Kier molecular flexibility index (Phi) is 4.44. The first-order valence-corrected chi connectivity index (χ1v) is 9.24. The molecule has 1 unspecified atom stereocenters. The van der Waals surface area contributed by atoms with Crippen LogP contribution in [0.3, 0.4) is 0 Å². The summed E-state index contributed by atoms with van der Waals surface area (Å²) < 4.78 is 2.02. The van der Waals surface area contributed by atoms with Crippen LogP contribution >= 0.6 is 0 Å². The number of amides is 1. The van der Waals surface area contributed by atoms with E-state index in [1.807, 2.05) is 16.8 Å². The molecule has 0 fully saturated rings. The number of hydrogen-bond acceptors (Lipinski definition) is 4. The molecule has 7 nitrogen and oxygen atoms in total. The number of carbonyl (C=O) groups is 1. The summed E-state index contributed by atoms with van der Waals surface area (Å²) in [5.74, 6) is 0.866. The molecule has 1 amide bonds. The minimum absolute atomic E-state index is 0.0650. The number of aromatic nitrogens is 5. The van der Waals surface area contributed by atoms with Crippen molar-refractivity contribution in [3.05, 3.63) is 41.6 Å². The second kappa shape index (κ2) is 6.90. The molecule has 0 aliphatic heterocycles. The number of pyridine rings is 1. The van der Waals surface area contributed by atoms with Crippen LogP contribution in [-0.4, -0.2) is 36.7 Å². The Morgan fingerprint density at radius 1 is 1.46 bits per heavy atom. The van der Waals surface area contributed by atoms with Gasteiger partial charge in [0.2, 0.25) is 5.91 Å². The van der Waals surface area contributed by atoms with Crippen LogP contribution in [0.25, 0.3) is 11.2 Å². The van der Waals surface area contributed by atoms with Gasteiger partial charge in [0.1, 0.15) is 5.82 Å². The summed E-state index contributed by atoms with van der Waals surface area (Å²) in [5, 5.41) is 7.83. The molecule has 4 rings (SSSR count). The van der Waals surface area contributed by atoms with Crippen LogP contribution in [0.15, 0.2) is 24.5 Å². The van der Waals surface area contributed by atoms with Crippen LogP contribution < -0.4 is 5.32 Å². The van der Waals surface area contributed by atoms with Crippen molar-refractivity contribution in [2.45, 2.75) is 58.0 Å². The number of H-pyrrole nitrogens is 1. The predicted molar refractivity (Wildman–Crippen MR) is 98.8 cm³/mol. The van der Waals surface area contributed by atoms with Gasteiger partial charge in [0.05, 0.1) is 11.2 Å². The molecule has 0 radical (unpaired) electrons. The Hall–Kier alpha value is -2.70. The van der Waals surface area contributed by atoms with Crippen molar-refractivity contribution in [1.29, 1.82) is 0 Å². The lowest BCUT2D eigenvalue weighted by molar-refractivity contribution is -0.121. The van der Waals surface area contributed by atoms with Gasteiger partial charge in [-0.05, 0) is 44.4 Å². The van der Waals surface area contributed by atoms with Crippen molar-refractivity contribution in [2.75, 3.05) is 0 Å². The summed E-state index contributed by atoms with van der Waals surface area (Å²) in [4.78, 5) is 24.2. The second-order valence-corrected chi connectivity index (χ2v) is 7.24. The summed E-state index contributed by atoms with van der Waals surface area (Å²) in [6.07, 6.45) is 7.63. The number of nitrogens with zero attached hydrogens (tertiary/aromatic N) is 4. The van der Waals surface area contributed by atoms with Crippen LogP contribution in [0.1, 0.15) is 49.8 Å². The van der Waals surface area contributed by atoms with Crippen molar-refractivity contribution in [2.24, 2.45) is 0 Å². The van der Waals surface area contributed by atoms with Gasteiger partial charge in [-0.3, -0.25) is 9.48 Å². The number of hydrogen-bond donors (Lipinski definition) is 2. The maximum Gasteiger partial charge on any atom is 0.220 e. The third-order valence-electron chi connectivity index (χ3n) is 4.89. The Morgan fingerprint density at radius 2 is 2.35 bits per heavy atom. The fourth-order valence-electron chi connectivity index (χ4n) is 3.45. The second-order valence-electron chi connectivity index (χ2n) is 7.24. The molecule has 3 aromatic heterocycles. The van der Waals surface area contributed by atoms with E-state index in [9.17, 15) is 4.79 Å². The van der Waals surface area contributed by atoms with Crippen LogP contribution in [0, 0.1) is 0 Å². The average Bonchev–Trinajstić information content (AvgIpc) is 3.23. The van der Waals surface area contributed by atoms with Crippen molar-refractivity contribution in [3.63, 3.8) is 0 Å². The maximum atomic E-state index is 12.3. The van der Waals surface area contributed by atoms with E-state index in [0.29, 0.717) is 24.5 Å². The third-order valence-corrected chi connectivity index (χ3v) is 4.89. The molecular weight excluding hydrogens is 328 g/mol. The van der Waals surface area contributed by atoms with Crippen LogP contribution in [0.4, 0.5) is 0 Å². The Bertz CT molecular complexity index is 892. The molecule has 26 heavy (non-hydrogen) atoms. The fraction of sp³-hybridized carbons (Fsp3) is 0.474. The van der Waals surface area contributed by atoms with Gasteiger partial charge < -0.3 is 10.3 Å². The molecule has 1 aliphatic carbocycles. The summed E-state index contributed by atoms with van der Waals surface area (Å²) in [6.45, 7) is 4.26. The third kappa shape index (κ3) is 3.47. The SMILES string of the molecule is CC(C)n1cc2c(n1)CC(NC(=O)CCc1nc3ncccc3[nH]1)CC2. The number of aromatic amines is 1. The van der Waals surface area contributed by atoms with Crippen LogP contribution in [0.2, 0.25) is 0 Å². The van der Waals surface area contributed by atoms with Crippen molar-refractivity contribution >= 4 is 17.1 Å². The molecule has 1 aliphatic rings. The number of fused-ring (bicyclic) bond motifs is 2. The molecule has 0 saturated heterocycles. The van der Waals surface area contributed by atoms with E-state index in [4.69, 9.17) is 0 Å². The molecule has 136 valence electrons. The fourth-order valence-corrected chi connectivity index (χ4v) is 3.45. The smallest absolute Gasteiger partial charge is 0.220 e. The Labute approximate surface area is 152 Å². The van der Waals surface area contributed by atoms with E-state index < -0.39 is 0 Å². The largest absolute Gasteiger partial charge is 0.353 e. The van der Waals surface area contributed by atoms with Gasteiger partial charge in [-0.25, -0.2) is 9.97 Å². The predicted octanol–water partition coefficient (Wildman–Crippen LogP) is 2.34. The van der Waals surface area contributed by atoms with Gasteiger partial charge in [0.25, 0.3) is 0 Å². The normalized spacial score (nSPS) is 16.8. The van der Waals surface area contributed by atoms with Gasteiger partial charge in [-0.15, -0.1) is 0 Å². The summed E-state index contributed by atoms with van der Waals surface area (Å²) >= 11 is 0. The molecule has 0 spiro atoms. The van der Waals surface area contributed by atoms with E-state index in [0.717, 1.165) is 36.3 Å². The first-order chi connectivity index (χ1) is 12.6. The molecular formula is C19H24N6O. The molecule has 3 heterocycles. The van der Waals surface area contributed by atoms with E-state index in [1.54, 1.807) is 6.20 Å². The first kappa shape index (κ1) is 16.8. The van der Waals surface area contributed by atoms with Gasteiger partial charge >= 0.3 is 0 Å². The number of aryl methyl sites for hydroxylation is 2. The van der Waals surface area contributed by atoms with Gasteiger partial charge in [0, 0.05) is 43.7 Å². The number of imidazole rings is 1. The lowest BCUT2D eigenvalue weighted by Crippen LogP contribution is -2.38. The molecule has 0 bridgehead atoms. The lowest BCUT2D eigenvalue weighted by atomic mass is 9.93. The van der Waals surface area contributed by atoms with Gasteiger partial charge in [-0.1, -0.05) is 0 Å². The zero-order chi connectivity index (χ0) is 18.1. The van der Waals surface area contributed by atoms with Crippen LogP contribution in [-0.2, 0) is 24.1 Å². The summed E-state index contributed by atoms with van der Waals surface area (Å²) in [6, 6.07) is 4.35. The highest BCUT2D eigenvalue weighted by atomic mass is 16.1. The van der Waals surface area contributed by atoms with Gasteiger partial charge in [-0.2, -0.15) is 5.10 Å². The minimum atomic E-state index is 0.0650. The molecule has 1 atom stereocenters. The van der Waals surface area contributed by atoms with E-state index >= 15 is 0 Å². The van der Waals surface area contributed by atoms with Gasteiger partial charge in [0.15, 0.2) is 5.65 Å². The molecule has 3 aromatic rings. The Morgan fingerprint density at radius 3 is 3.15 bits per heavy atom. The number of nitrogens with one attached hydrogen (secondary N) is 2. The van der Waals surface area contributed by atoms with E-state index in [-0.39, 0.29) is 11.9 Å². The number of carbonyl (C=O) groups excluding carboxylic acids is 1. The molecule has 7 heteroatoms. The maximum absolute atomic E-state index is 12.3. The van der Waals surface area contributed by atoms with Crippen LogP contribution in [0.5, 0.6) is 0 Å². The molecule has 0 saturated carbocycles. The zero-order valence-corrected chi connectivity index (χ0v) is 15.2. The topological polar surface area (TPSA) is 88.5 Å². The highest BCUT2D eigenvalue weighted by Crippen LogP contribution is 2.22. The zero-order valence-electron chi connectivity index (χ0n) is 15.2. The van der Waals surface area contributed by atoms with Crippen molar-refractivity contribution in [3.8, 4) is 0 Å². The monoisotopic (exact) mass is 352 g/mol. The quantitative estimate of drug-likeness (QED) is 0.738. The summed E-state index contributed by atoms with van der Waals surface area (Å²) in [7, 11) is 0. The van der Waals surface area contributed by atoms with Crippen molar-refractivity contribution in [1.82, 2.24) is 30.0 Å². The number of rotatable bonds is 5. The summed E-state index contributed by atoms with van der Waals surface area (Å²) in [5.41, 5.74) is 4.05.